The minimum absolute atomic E-state index is 0.523. The lowest BCUT2D eigenvalue weighted by Gasteiger charge is -2.31. The highest BCUT2D eigenvalue weighted by Gasteiger charge is 2.19. The van der Waals surface area contributed by atoms with Crippen molar-refractivity contribution in [1.29, 1.82) is 0 Å². The summed E-state index contributed by atoms with van der Waals surface area (Å²) in [6, 6.07) is 2.53. The van der Waals surface area contributed by atoms with Gasteiger partial charge >= 0.3 is 0 Å². The number of anilines is 1. The fourth-order valence-corrected chi connectivity index (χ4v) is 2.19. The van der Waals surface area contributed by atoms with Gasteiger partial charge in [0.2, 0.25) is 5.95 Å². The number of rotatable bonds is 2. The molecule has 0 spiro atoms. The summed E-state index contributed by atoms with van der Waals surface area (Å²) in [6.45, 7) is 6.21. The van der Waals surface area contributed by atoms with Gasteiger partial charge in [-0.1, -0.05) is 0 Å². The molecule has 4 heteroatoms. The Morgan fingerprint density at radius 3 is 2.56 bits per heavy atom. The van der Waals surface area contributed by atoms with Crippen molar-refractivity contribution in [2.75, 3.05) is 25.0 Å². The first-order chi connectivity index (χ1) is 7.66. The molecule has 2 rings (SSSR count). The number of nitrogens with one attached hydrogen (secondary N) is 1. The van der Waals surface area contributed by atoms with E-state index in [-0.39, 0.29) is 0 Å². The van der Waals surface area contributed by atoms with E-state index in [0.717, 1.165) is 30.4 Å². The highest BCUT2D eigenvalue weighted by molar-refractivity contribution is 5.32. The van der Waals surface area contributed by atoms with Gasteiger partial charge < -0.3 is 10.2 Å². The summed E-state index contributed by atoms with van der Waals surface area (Å²) in [5.74, 6) is 0.853. The second-order valence-corrected chi connectivity index (χ2v) is 4.56. The first kappa shape index (κ1) is 11.3. The molecule has 0 bridgehead atoms. The van der Waals surface area contributed by atoms with E-state index >= 15 is 0 Å². The molecule has 1 aliphatic rings. The zero-order valence-corrected chi connectivity index (χ0v) is 10.3. The third-order valence-corrected chi connectivity index (χ3v) is 3.10. The highest BCUT2D eigenvalue weighted by Crippen LogP contribution is 2.15. The van der Waals surface area contributed by atoms with E-state index < -0.39 is 0 Å². The van der Waals surface area contributed by atoms with Gasteiger partial charge in [-0.2, -0.15) is 0 Å². The van der Waals surface area contributed by atoms with Crippen LogP contribution in [0, 0.1) is 13.8 Å². The molecule has 0 radical (unpaired) electrons. The molecule has 1 N–H and O–H groups in total. The number of aromatic nitrogens is 2. The minimum Gasteiger partial charge on any atom is -0.340 e. The Morgan fingerprint density at radius 2 is 2.00 bits per heavy atom. The van der Waals surface area contributed by atoms with Crippen molar-refractivity contribution in [3.8, 4) is 0 Å². The molecular formula is C12H20N4. The summed E-state index contributed by atoms with van der Waals surface area (Å²) >= 11 is 0. The summed E-state index contributed by atoms with van der Waals surface area (Å²) in [6.07, 6.45) is 2.46. The van der Waals surface area contributed by atoms with Crippen molar-refractivity contribution in [2.45, 2.75) is 32.7 Å². The predicted molar refractivity (Wildman–Crippen MR) is 65.8 cm³/mol. The second-order valence-electron chi connectivity index (χ2n) is 4.56. The van der Waals surface area contributed by atoms with Crippen LogP contribution in [0.4, 0.5) is 5.95 Å². The van der Waals surface area contributed by atoms with Crippen LogP contribution < -0.4 is 10.2 Å². The zero-order chi connectivity index (χ0) is 11.5. The van der Waals surface area contributed by atoms with E-state index in [1.807, 2.05) is 19.9 Å². The van der Waals surface area contributed by atoms with Gasteiger partial charge in [0.05, 0.1) is 0 Å². The zero-order valence-electron chi connectivity index (χ0n) is 10.3. The van der Waals surface area contributed by atoms with Crippen LogP contribution in [0.2, 0.25) is 0 Å². The van der Waals surface area contributed by atoms with Gasteiger partial charge in [-0.25, -0.2) is 9.97 Å². The molecular weight excluding hydrogens is 200 g/mol. The van der Waals surface area contributed by atoms with E-state index in [4.69, 9.17) is 0 Å². The van der Waals surface area contributed by atoms with Gasteiger partial charge in [-0.3, -0.25) is 0 Å². The topological polar surface area (TPSA) is 41.1 Å². The number of nitrogens with zero attached hydrogens (tertiary/aromatic N) is 3. The third kappa shape index (κ3) is 2.50. The van der Waals surface area contributed by atoms with Crippen LogP contribution in [-0.2, 0) is 0 Å². The van der Waals surface area contributed by atoms with E-state index in [0.29, 0.717) is 6.04 Å². The maximum atomic E-state index is 4.50. The summed E-state index contributed by atoms with van der Waals surface area (Å²) in [5.41, 5.74) is 2.08. The van der Waals surface area contributed by atoms with E-state index in [2.05, 4.69) is 27.2 Å². The average molecular weight is 220 g/mol. The van der Waals surface area contributed by atoms with Crippen LogP contribution in [0.5, 0.6) is 0 Å². The van der Waals surface area contributed by atoms with Crippen LogP contribution >= 0.6 is 0 Å². The van der Waals surface area contributed by atoms with Gasteiger partial charge in [0.25, 0.3) is 0 Å². The van der Waals surface area contributed by atoms with Crippen molar-refractivity contribution in [2.24, 2.45) is 0 Å². The van der Waals surface area contributed by atoms with Crippen LogP contribution in [0.15, 0.2) is 6.07 Å². The lowest BCUT2D eigenvalue weighted by atomic mass is 10.1. The average Bonchev–Trinajstić information content (AvgIpc) is 2.28. The lowest BCUT2D eigenvalue weighted by molar-refractivity contribution is 0.441. The maximum absolute atomic E-state index is 4.50. The number of hydrogen-bond donors (Lipinski definition) is 1. The van der Waals surface area contributed by atoms with E-state index in [1.54, 1.807) is 0 Å². The Labute approximate surface area is 97.1 Å². The van der Waals surface area contributed by atoms with Crippen LogP contribution in [0.3, 0.4) is 0 Å². The van der Waals surface area contributed by atoms with Gasteiger partial charge in [0.1, 0.15) is 0 Å². The van der Waals surface area contributed by atoms with Gasteiger partial charge in [0.15, 0.2) is 0 Å². The molecule has 16 heavy (non-hydrogen) atoms. The number of aryl methyl sites for hydroxylation is 2. The predicted octanol–water partition coefficient (Wildman–Crippen LogP) is 1.28. The first-order valence-electron chi connectivity index (χ1n) is 5.92. The van der Waals surface area contributed by atoms with Crippen LogP contribution in [-0.4, -0.2) is 36.1 Å². The summed E-state index contributed by atoms with van der Waals surface area (Å²) < 4.78 is 0. The van der Waals surface area contributed by atoms with Crippen molar-refractivity contribution in [1.82, 2.24) is 15.3 Å². The molecule has 0 saturated carbocycles. The molecule has 1 saturated heterocycles. The fraction of sp³-hybridized carbons (Fsp3) is 0.667. The van der Waals surface area contributed by atoms with Gasteiger partial charge in [0, 0.05) is 31.0 Å². The van der Waals surface area contributed by atoms with Crippen molar-refractivity contribution in [3.05, 3.63) is 17.5 Å². The van der Waals surface area contributed by atoms with Crippen LogP contribution in [0.1, 0.15) is 24.2 Å². The molecule has 1 aromatic rings. The Bertz CT molecular complexity index is 338. The normalized spacial score (nSPS) is 20.8. The molecule has 4 nitrogen and oxygen atoms in total. The molecule has 1 aromatic heterocycles. The van der Waals surface area contributed by atoms with E-state index in [9.17, 15) is 0 Å². The van der Waals surface area contributed by atoms with Gasteiger partial charge in [-0.15, -0.1) is 0 Å². The molecule has 88 valence electrons. The molecule has 1 atom stereocenters. The van der Waals surface area contributed by atoms with Crippen LogP contribution in [0.25, 0.3) is 0 Å². The summed E-state index contributed by atoms with van der Waals surface area (Å²) in [5, 5.41) is 3.42. The first-order valence-corrected chi connectivity index (χ1v) is 5.92. The van der Waals surface area contributed by atoms with Crippen molar-refractivity contribution >= 4 is 5.95 Å². The standard InChI is InChI=1S/C12H20N4/c1-9-7-10(2)15-12(14-9)16(3)11-5-4-6-13-8-11/h7,11,13H,4-6,8H2,1-3H3/t11-/m0/s1. The Balaban J connectivity index is 2.15. The van der Waals surface area contributed by atoms with E-state index in [1.165, 1.54) is 12.8 Å². The Morgan fingerprint density at radius 1 is 1.31 bits per heavy atom. The number of piperidine rings is 1. The minimum atomic E-state index is 0.523. The number of hydrogen-bond acceptors (Lipinski definition) is 4. The van der Waals surface area contributed by atoms with Crippen molar-refractivity contribution in [3.63, 3.8) is 0 Å². The Kier molecular flexibility index (Phi) is 3.39. The molecule has 0 aliphatic carbocycles. The molecule has 0 aromatic carbocycles. The summed E-state index contributed by atoms with van der Waals surface area (Å²) in [4.78, 5) is 11.2. The molecule has 1 aliphatic heterocycles. The largest absolute Gasteiger partial charge is 0.340 e. The molecule has 2 heterocycles. The smallest absolute Gasteiger partial charge is 0.225 e. The van der Waals surface area contributed by atoms with Crippen molar-refractivity contribution < 1.29 is 0 Å². The lowest BCUT2D eigenvalue weighted by Crippen LogP contribution is -2.45. The fourth-order valence-electron chi connectivity index (χ4n) is 2.19. The number of likely N-dealkylation sites (N-methyl/N-ethyl adjacent to an activating group) is 1. The highest BCUT2D eigenvalue weighted by atomic mass is 15.3. The Hall–Kier alpha value is -1.16. The molecule has 1 fully saturated rings. The quantitative estimate of drug-likeness (QED) is 0.815. The second kappa shape index (κ2) is 4.78. The monoisotopic (exact) mass is 220 g/mol. The SMILES string of the molecule is Cc1cc(C)nc(N(C)[C@H]2CCCNC2)n1. The van der Waals surface area contributed by atoms with Gasteiger partial charge in [-0.05, 0) is 39.3 Å². The maximum Gasteiger partial charge on any atom is 0.225 e. The molecule has 0 amide bonds. The third-order valence-electron chi connectivity index (χ3n) is 3.10. The molecule has 0 unspecified atom stereocenters. The summed E-state index contributed by atoms with van der Waals surface area (Å²) in [7, 11) is 2.09.